The van der Waals surface area contributed by atoms with Crippen LogP contribution >= 0.6 is 0 Å². The van der Waals surface area contributed by atoms with E-state index in [0.717, 1.165) is 27.9 Å². The molecule has 0 radical (unpaired) electrons. The average Bonchev–Trinajstić information content (AvgIpc) is 2.90. The van der Waals surface area contributed by atoms with Gasteiger partial charge in [0, 0.05) is 28.7 Å². The lowest BCUT2D eigenvalue weighted by Gasteiger charge is -1.97. The molecule has 0 aliphatic carbocycles. The topological polar surface area (TPSA) is 68.2 Å². The van der Waals surface area contributed by atoms with Crippen LogP contribution in [0.25, 0.3) is 22.2 Å². The van der Waals surface area contributed by atoms with E-state index in [1.54, 1.807) is 19.2 Å². The third kappa shape index (κ3) is 2.09. The second kappa shape index (κ2) is 4.70. The van der Waals surface area contributed by atoms with Crippen LogP contribution < -0.4 is 4.74 Å². The van der Waals surface area contributed by atoms with E-state index in [0.29, 0.717) is 0 Å². The van der Waals surface area contributed by atoms with Crippen molar-refractivity contribution >= 4 is 16.6 Å². The number of rotatable bonds is 3. The Hall–Kier alpha value is -2.82. The highest BCUT2D eigenvalue weighted by atomic mass is 16.6. The van der Waals surface area contributed by atoms with Crippen LogP contribution in [-0.2, 0) is 0 Å². The van der Waals surface area contributed by atoms with Crippen LogP contribution in [0.2, 0.25) is 0 Å². The Labute approximate surface area is 115 Å². The summed E-state index contributed by atoms with van der Waals surface area (Å²) in [6.45, 7) is 0. The number of methoxy groups -OCH3 is 1. The molecule has 3 rings (SSSR count). The highest BCUT2D eigenvalue weighted by Crippen LogP contribution is 2.27. The Morgan fingerprint density at radius 1 is 1.10 bits per heavy atom. The number of ether oxygens (including phenoxy) is 1. The number of nitro groups is 1. The van der Waals surface area contributed by atoms with Crippen molar-refractivity contribution in [2.45, 2.75) is 0 Å². The van der Waals surface area contributed by atoms with Crippen molar-refractivity contribution in [1.29, 1.82) is 0 Å². The van der Waals surface area contributed by atoms with Crippen LogP contribution in [0.3, 0.4) is 0 Å². The van der Waals surface area contributed by atoms with Gasteiger partial charge in [-0.05, 0) is 42.0 Å². The zero-order valence-corrected chi connectivity index (χ0v) is 10.8. The molecule has 1 N–H and O–H groups in total. The minimum atomic E-state index is -0.403. The van der Waals surface area contributed by atoms with E-state index in [4.69, 9.17) is 4.74 Å². The number of fused-ring (bicyclic) bond motifs is 1. The lowest BCUT2D eigenvalue weighted by atomic mass is 10.1. The minimum absolute atomic E-state index is 0.0894. The lowest BCUT2D eigenvalue weighted by molar-refractivity contribution is -0.384. The number of benzene rings is 2. The fourth-order valence-corrected chi connectivity index (χ4v) is 2.16. The van der Waals surface area contributed by atoms with Gasteiger partial charge in [0.05, 0.1) is 12.0 Å². The van der Waals surface area contributed by atoms with Crippen molar-refractivity contribution in [2.24, 2.45) is 0 Å². The number of nitro benzene ring substituents is 1. The quantitative estimate of drug-likeness (QED) is 0.581. The number of H-pyrrole nitrogens is 1. The molecule has 0 fully saturated rings. The lowest BCUT2D eigenvalue weighted by Crippen LogP contribution is -1.87. The molecule has 0 spiro atoms. The van der Waals surface area contributed by atoms with Gasteiger partial charge in [-0.3, -0.25) is 10.1 Å². The smallest absolute Gasteiger partial charge is 0.269 e. The van der Waals surface area contributed by atoms with E-state index in [9.17, 15) is 10.1 Å². The molecule has 5 nitrogen and oxygen atoms in total. The summed E-state index contributed by atoms with van der Waals surface area (Å²) >= 11 is 0. The van der Waals surface area contributed by atoms with Crippen LogP contribution in [0.4, 0.5) is 5.69 Å². The maximum absolute atomic E-state index is 10.6. The number of nitrogens with one attached hydrogen (secondary N) is 1. The normalized spacial score (nSPS) is 10.7. The van der Waals surface area contributed by atoms with E-state index in [-0.39, 0.29) is 5.69 Å². The monoisotopic (exact) mass is 268 g/mol. The Morgan fingerprint density at radius 2 is 1.85 bits per heavy atom. The summed E-state index contributed by atoms with van der Waals surface area (Å²) in [4.78, 5) is 13.5. The zero-order chi connectivity index (χ0) is 14.1. The molecule has 100 valence electrons. The SMILES string of the molecule is COc1ccc2[nH]c(-c3ccc([N+](=O)[O-])cc3)cc2c1. The zero-order valence-electron chi connectivity index (χ0n) is 10.8. The standard InChI is InChI=1S/C15H12N2O3/c1-20-13-6-7-14-11(8-13)9-15(16-14)10-2-4-12(5-3-10)17(18)19/h2-9,16H,1H3. The Kier molecular flexibility index (Phi) is 2.87. The van der Waals surface area contributed by atoms with Crippen LogP contribution in [0.1, 0.15) is 0 Å². The predicted molar refractivity (Wildman–Crippen MR) is 76.9 cm³/mol. The van der Waals surface area contributed by atoms with Gasteiger partial charge in [0.25, 0.3) is 5.69 Å². The summed E-state index contributed by atoms with van der Waals surface area (Å²) in [5.74, 6) is 0.798. The molecule has 0 bridgehead atoms. The molecule has 2 aromatic carbocycles. The summed E-state index contributed by atoms with van der Waals surface area (Å²) in [5.41, 5.74) is 2.92. The number of non-ortho nitro benzene ring substituents is 1. The molecule has 5 heteroatoms. The number of hydrogen-bond donors (Lipinski definition) is 1. The van der Waals surface area contributed by atoms with Gasteiger partial charge in [-0.15, -0.1) is 0 Å². The molecule has 0 aliphatic rings. The number of nitrogens with zero attached hydrogens (tertiary/aromatic N) is 1. The van der Waals surface area contributed by atoms with Gasteiger partial charge in [0.1, 0.15) is 5.75 Å². The Balaban J connectivity index is 2.03. The van der Waals surface area contributed by atoms with Crippen molar-refractivity contribution in [3.8, 4) is 17.0 Å². The first-order valence-electron chi connectivity index (χ1n) is 6.09. The number of hydrogen-bond acceptors (Lipinski definition) is 3. The summed E-state index contributed by atoms with van der Waals surface area (Å²) in [7, 11) is 1.63. The van der Waals surface area contributed by atoms with Crippen molar-refractivity contribution in [3.63, 3.8) is 0 Å². The van der Waals surface area contributed by atoms with Gasteiger partial charge >= 0.3 is 0 Å². The molecule has 0 saturated carbocycles. The maximum atomic E-state index is 10.6. The summed E-state index contributed by atoms with van der Waals surface area (Å²) in [6, 6.07) is 14.3. The summed E-state index contributed by atoms with van der Waals surface area (Å²) < 4.78 is 5.19. The largest absolute Gasteiger partial charge is 0.497 e. The molecule has 0 aliphatic heterocycles. The van der Waals surface area contributed by atoms with Crippen LogP contribution in [0.15, 0.2) is 48.5 Å². The first-order valence-corrected chi connectivity index (χ1v) is 6.09. The average molecular weight is 268 g/mol. The Morgan fingerprint density at radius 3 is 2.50 bits per heavy atom. The maximum Gasteiger partial charge on any atom is 0.269 e. The first kappa shape index (κ1) is 12.2. The third-order valence-electron chi connectivity index (χ3n) is 3.22. The molecule has 0 amide bonds. The van der Waals surface area contributed by atoms with Gasteiger partial charge in [-0.1, -0.05) is 0 Å². The van der Waals surface area contributed by atoms with E-state index in [2.05, 4.69) is 4.98 Å². The van der Waals surface area contributed by atoms with E-state index < -0.39 is 4.92 Å². The van der Waals surface area contributed by atoms with Gasteiger partial charge in [0.2, 0.25) is 0 Å². The molecule has 1 heterocycles. The minimum Gasteiger partial charge on any atom is -0.497 e. The molecular weight excluding hydrogens is 256 g/mol. The molecule has 20 heavy (non-hydrogen) atoms. The van der Waals surface area contributed by atoms with Crippen LogP contribution in [0.5, 0.6) is 5.75 Å². The second-order valence-electron chi connectivity index (χ2n) is 4.44. The highest BCUT2D eigenvalue weighted by Gasteiger charge is 2.07. The first-order chi connectivity index (χ1) is 9.67. The van der Waals surface area contributed by atoms with E-state index in [1.807, 2.05) is 24.3 Å². The molecule has 3 aromatic rings. The number of aromatic nitrogens is 1. The second-order valence-corrected chi connectivity index (χ2v) is 4.44. The third-order valence-corrected chi connectivity index (χ3v) is 3.22. The van der Waals surface area contributed by atoms with Crippen molar-refractivity contribution in [3.05, 3.63) is 58.6 Å². The molecule has 0 atom stereocenters. The van der Waals surface area contributed by atoms with Crippen LogP contribution in [-0.4, -0.2) is 17.0 Å². The van der Waals surface area contributed by atoms with Gasteiger partial charge < -0.3 is 9.72 Å². The van der Waals surface area contributed by atoms with Crippen LogP contribution in [0, 0.1) is 10.1 Å². The summed E-state index contributed by atoms with van der Waals surface area (Å²) in [5, 5.41) is 11.7. The fourth-order valence-electron chi connectivity index (χ4n) is 2.16. The molecular formula is C15H12N2O3. The van der Waals surface area contributed by atoms with Crippen molar-refractivity contribution < 1.29 is 9.66 Å². The van der Waals surface area contributed by atoms with E-state index in [1.165, 1.54) is 12.1 Å². The van der Waals surface area contributed by atoms with Gasteiger partial charge in [0.15, 0.2) is 0 Å². The molecule has 0 saturated heterocycles. The molecule has 0 unspecified atom stereocenters. The fraction of sp³-hybridized carbons (Fsp3) is 0.0667. The summed E-state index contributed by atoms with van der Waals surface area (Å²) in [6.07, 6.45) is 0. The van der Waals surface area contributed by atoms with Crippen molar-refractivity contribution in [2.75, 3.05) is 7.11 Å². The molecule has 1 aromatic heterocycles. The number of aromatic amines is 1. The highest BCUT2D eigenvalue weighted by molar-refractivity contribution is 5.87. The predicted octanol–water partition coefficient (Wildman–Crippen LogP) is 3.75. The van der Waals surface area contributed by atoms with E-state index >= 15 is 0 Å². The van der Waals surface area contributed by atoms with Crippen molar-refractivity contribution in [1.82, 2.24) is 4.98 Å². The van der Waals surface area contributed by atoms with Gasteiger partial charge in [-0.2, -0.15) is 0 Å². The van der Waals surface area contributed by atoms with Gasteiger partial charge in [-0.25, -0.2) is 0 Å². The Bertz CT molecular complexity index is 775.